The third-order valence-corrected chi connectivity index (χ3v) is 3.51. The zero-order chi connectivity index (χ0) is 16.7. The predicted molar refractivity (Wildman–Crippen MR) is 81.9 cm³/mol. The zero-order valence-corrected chi connectivity index (χ0v) is 11.6. The maximum absolute atomic E-state index is 12.7. The third kappa shape index (κ3) is 2.24. The normalized spacial score (nSPS) is 10.8. The van der Waals surface area contributed by atoms with Crippen LogP contribution in [0.1, 0.15) is 26.3 Å². The van der Waals surface area contributed by atoms with Crippen LogP contribution in [0, 0.1) is 0 Å². The Labute approximate surface area is 128 Å². The number of ketones is 1. The molecular weight excluding hydrogens is 300 g/mol. The molecule has 3 rings (SSSR count). The highest BCUT2D eigenvalue weighted by Crippen LogP contribution is 2.23. The molecule has 3 N–H and O–H groups in total. The molecule has 0 atom stereocenters. The van der Waals surface area contributed by atoms with Crippen LogP contribution in [-0.2, 0) is 0 Å². The van der Waals surface area contributed by atoms with Crippen LogP contribution in [0.25, 0.3) is 5.69 Å². The van der Waals surface area contributed by atoms with Crippen molar-refractivity contribution in [3.8, 4) is 5.69 Å². The number of aromatic nitrogens is 1. The zero-order valence-electron chi connectivity index (χ0n) is 11.6. The summed E-state index contributed by atoms with van der Waals surface area (Å²) in [5.74, 6) is -1.81. The Morgan fingerprint density at radius 1 is 0.870 bits per heavy atom. The predicted octanol–water partition coefficient (Wildman–Crippen LogP) is 0.585. The Bertz CT molecular complexity index is 999. The summed E-state index contributed by atoms with van der Waals surface area (Å²) in [5.41, 5.74) is 4.28. The van der Waals surface area contributed by atoms with Gasteiger partial charge in [-0.1, -0.05) is 18.2 Å². The van der Waals surface area contributed by atoms with E-state index in [0.29, 0.717) is 0 Å². The molecule has 0 unspecified atom stereocenters. The van der Waals surface area contributed by atoms with Crippen molar-refractivity contribution in [3.63, 3.8) is 0 Å². The molecule has 7 nitrogen and oxygen atoms in total. The number of nitrogen functional groups attached to an aromatic ring is 1. The van der Waals surface area contributed by atoms with Gasteiger partial charge in [-0.25, -0.2) is 9.36 Å². The minimum absolute atomic E-state index is 0.000835. The van der Waals surface area contributed by atoms with Crippen molar-refractivity contribution in [2.45, 2.75) is 0 Å². The van der Waals surface area contributed by atoms with Crippen LogP contribution >= 0.6 is 0 Å². The number of para-hydroxylation sites is 2. The van der Waals surface area contributed by atoms with Gasteiger partial charge >= 0.3 is 17.1 Å². The standard InChI is InChI=1S/C16H10N2O5/c17-12-9(5-3-6-10(12)16(22)23)13(19)8-4-1-2-7-11(8)18-14(20)15(18)21/h1-7H,17H2,(H,22,23). The highest BCUT2D eigenvalue weighted by atomic mass is 16.4. The van der Waals surface area contributed by atoms with Crippen LogP contribution in [0.5, 0.6) is 0 Å². The van der Waals surface area contributed by atoms with Crippen LogP contribution in [0.4, 0.5) is 5.69 Å². The van der Waals surface area contributed by atoms with Crippen LogP contribution in [0.3, 0.4) is 0 Å². The molecule has 0 fully saturated rings. The number of rotatable bonds is 4. The van der Waals surface area contributed by atoms with E-state index in [1.54, 1.807) is 12.1 Å². The lowest BCUT2D eigenvalue weighted by Crippen LogP contribution is -2.12. The molecule has 0 saturated heterocycles. The molecule has 2 aromatic carbocycles. The summed E-state index contributed by atoms with van der Waals surface area (Å²) < 4.78 is 0.879. The molecular formula is C16H10N2O5. The lowest BCUT2D eigenvalue weighted by Gasteiger charge is -2.09. The summed E-state index contributed by atoms with van der Waals surface area (Å²) in [4.78, 5) is 46.4. The van der Waals surface area contributed by atoms with E-state index < -0.39 is 22.9 Å². The van der Waals surface area contributed by atoms with Gasteiger partial charge in [0.2, 0.25) is 0 Å². The van der Waals surface area contributed by atoms with Gasteiger partial charge in [-0.3, -0.25) is 14.4 Å². The summed E-state index contributed by atoms with van der Waals surface area (Å²) in [6.07, 6.45) is 0. The van der Waals surface area contributed by atoms with E-state index >= 15 is 0 Å². The van der Waals surface area contributed by atoms with Crippen LogP contribution < -0.4 is 16.9 Å². The lowest BCUT2D eigenvalue weighted by atomic mass is 9.98. The summed E-state index contributed by atoms with van der Waals surface area (Å²) in [5, 5.41) is 9.08. The first-order valence-corrected chi connectivity index (χ1v) is 6.57. The molecule has 0 aliphatic carbocycles. The summed E-state index contributed by atoms with van der Waals surface area (Å²) in [6, 6.07) is 10.2. The Kier molecular flexibility index (Phi) is 3.18. The Morgan fingerprint density at radius 3 is 2.04 bits per heavy atom. The van der Waals surface area contributed by atoms with Crippen LogP contribution in [-0.4, -0.2) is 21.4 Å². The molecule has 3 aromatic rings. The monoisotopic (exact) mass is 310 g/mol. The van der Waals surface area contributed by atoms with Gasteiger partial charge in [0.05, 0.1) is 16.9 Å². The van der Waals surface area contributed by atoms with Crippen LogP contribution in [0.2, 0.25) is 0 Å². The van der Waals surface area contributed by atoms with Gasteiger partial charge in [-0.15, -0.1) is 0 Å². The molecule has 7 heteroatoms. The van der Waals surface area contributed by atoms with Gasteiger partial charge in [0.1, 0.15) is 0 Å². The third-order valence-electron chi connectivity index (χ3n) is 3.51. The van der Waals surface area contributed by atoms with Gasteiger partial charge < -0.3 is 10.8 Å². The molecule has 1 heterocycles. The number of nitrogens with two attached hydrogens (primary N) is 1. The second-order valence-electron chi connectivity index (χ2n) is 4.86. The molecule has 23 heavy (non-hydrogen) atoms. The van der Waals surface area contributed by atoms with Crippen molar-refractivity contribution in [2.24, 2.45) is 0 Å². The molecule has 0 bridgehead atoms. The summed E-state index contributed by atoms with van der Waals surface area (Å²) >= 11 is 0. The van der Waals surface area contributed by atoms with Crippen LogP contribution in [0.15, 0.2) is 52.1 Å². The molecule has 0 saturated carbocycles. The van der Waals surface area contributed by atoms with Crippen molar-refractivity contribution in [1.82, 2.24) is 4.57 Å². The van der Waals surface area contributed by atoms with E-state index in [0.717, 1.165) is 4.57 Å². The summed E-state index contributed by atoms with van der Waals surface area (Å²) in [6.45, 7) is 0. The van der Waals surface area contributed by atoms with E-state index in [4.69, 9.17) is 10.8 Å². The smallest absolute Gasteiger partial charge is 0.337 e. The van der Waals surface area contributed by atoms with Gasteiger partial charge in [-0.2, -0.15) is 0 Å². The number of carbonyl (C=O) groups excluding carboxylic acids is 1. The number of carboxylic acid groups (broad SMARTS) is 1. The van der Waals surface area contributed by atoms with Crippen molar-refractivity contribution >= 4 is 17.4 Å². The maximum Gasteiger partial charge on any atom is 0.337 e. The van der Waals surface area contributed by atoms with E-state index in [1.165, 1.54) is 30.3 Å². The number of hydrogen-bond acceptors (Lipinski definition) is 5. The van der Waals surface area contributed by atoms with Crippen molar-refractivity contribution in [2.75, 3.05) is 5.73 Å². The molecule has 0 spiro atoms. The van der Waals surface area contributed by atoms with E-state index in [9.17, 15) is 19.2 Å². The average Bonchev–Trinajstić information content (AvgIpc) is 3.13. The highest BCUT2D eigenvalue weighted by molar-refractivity contribution is 6.16. The number of anilines is 1. The van der Waals surface area contributed by atoms with Gasteiger partial charge in [0, 0.05) is 11.1 Å². The quantitative estimate of drug-likeness (QED) is 0.413. The second kappa shape index (κ2) is 5.06. The molecule has 0 amide bonds. The second-order valence-corrected chi connectivity index (χ2v) is 4.86. The van der Waals surface area contributed by atoms with E-state index in [1.807, 2.05) is 0 Å². The van der Waals surface area contributed by atoms with Gasteiger partial charge in [-0.05, 0) is 24.3 Å². The fraction of sp³-hybridized carbons (Fsp3) is 0. The van der Waals surface area contributed by atoms with Gasteiger partial charge in [0.25, 0.3) is 0 Å². The van der Waals surface area contributed by atoms with E-state index in [-0.39, 0.29) is 28.1 Å². The minimum Gasteiger partial charge on any atom is -0.478 e. The Morgan fingerprint density at radius 2 is 1.43 bits per heavy atom. The number of hydrogen-bond donors (Lipinski definition) is 2. The molecule has 0 aliphatic heterocycles. The fourth-order valence-corrected chi connectivity index (χ4v) is 2.31. The first-order valence-electron chi connectivity index (χ1n) is 6.57. The average molecular weight is 310 g/mol. The SMILES string of the molecule is Nc1c(C(=O)O)cccc1C(=O)c1ccccc1-n1c(=O)c1=O. The first-order chi connectivity index (χ1) is 10.9. The van der Waals surface area contributed by atoms with Crippen molar-refractivity contribution in [1.29, 1.82) is 0 Å². The van der Waals surface area contributed by atoms with Crippen molar-refractivity contribution < 1.29 is 14.7 Å². The Balaban J connectivity index is 2.15. The minimum atomic E-state index is -1.25. The number of benzene rings is 2. The highest BCUT2D eigenvalue weighted by Gasteiger charge is 2.25. The molecule has 114 valence electrons. The first kappa shape index (κ1) is 14.5. The number of carboxylic acids is 1. The van der Waals surface area contributed by atoms with E-state index in [2.05, 4.69) is 0 Å². The molecule has 1 aromatic heterocycles. The fourth-order valence-electron chi connectivity index (χ4n) is 2.31. The van der Waals surface area contributed by atoms with Gasteiger partial charge in [0.15, 0.2) is 5.78 Å². The topological polar surface area (TPSA) is 119 Å². The number of aromatic carboxylic acids is 1. The maximum atomic E-state index is 12.7. The number of carbonyl (C=O) groups is 2. The lowest BCUT2D eigenvalue weighted by molar-refractivity contribution is 0.0698. The Hall–Kier alpha value is -3.48. The summed E-state index contributed by atoms with van der Waals surface area (Å²) in [7, 11) is 0. The molecule has 0 radical (unpaired) electrons. The number of nitrogens with zero attached hydrogens (tertiary/aromatic N) is 1. The largest absolute Gasteiger partial charge is 0.478 e. The van der Waals surface area contributed by atoms with Crippen molar-refractivity contribution in [3.05, 3.63) is 79.9 Å². The molecule has 0 aliphatic rings.